The fourth-order valence-corrected chi connectivity index (χ4v) is 3.98. The normalized spacial score (nSPS) is 25.8. The first kappa shape index (κ1) is 13.7. The molecule has 0 atom stereocenters. The molecule has 2 saturated heterocycles. The molecule has 1 aromatic heterocycles. The summed E-state index contributed by atoms with van der Waals surface area (Å²) in [6.07, 6.45) is 5.09. The number of rotatable bonds is 3. The summed E-state index contributed by atoms with van der Waals surface area (Å²) in [6.45, 7) is 8.44. The first-order chi connectivity index (χ1) is 10.3. The summed E-state index contributed by atoms with van der Waals surface area (Å²) in [5, 5.41) is 7.85. The Bertz CT molecular complexity index is 483. The molecule has 4 rings (SSSR count). The first-order valence-corrected chi connectivity index (χ1v) is 8.49. The predicted molar refractivity (Wildman–Crippen MR) is 83.4 cm³/mol. The fraction of sp³-hybridized carbons (Fsp3) is 0.812. The van der Waals surface area contributed by atoms with Crippen molar-refractivity contribution in [2.24, 2.45) is 0 Å². The molecule has 1 aromatic rings. The van der Waals surface area contributed by atoms with Gasteiger partial charge in [0.2, 0.25) is 0 Å². The van der Waals surface area contributed by atoms with Gasteiger partial charge in [0.05, 0.1) is 5.69 Å². The van der Waals surface area contributed by atoms with E-state index in [9.17, 15) is 0 Å². The van der Waals surface area contributed by atoms with Crippen LogP contribution < -0.4 is 0 Å². The molecular formula is C16H27N5. The molecule has 0 saturated carbocycles. The minimum atomic E-state index is 0.786. The Morgan fingerprint density at radius 3 is 2.67 bits per heavy atom. The number of aryl methyl sites for hydroxylation is 1. The zero-order valence-electron chi connectivity index (χ0n) is 13.1. The van der Waals surface area contributed by atoms with E-state index >= 15 is 0 Å². The average molecular weight is 289 g/mol. The van der Waals surface area contributed by atoms with Crippen LogP contribution in [0.25, 0.3) is 0 Å². The number of likely N-dealkylation sites (tertiary alicyclic amines) is 1. The van der Waals surface area contributed by atoms with Gasteiger partial charge in [0, 0.05) is 57.5 Å². The van der Waals surface area contributed by atoms with Crippen LogP contribution in [-0.4, -0.2) is 77.3 Å². The largest absolute Gasteiger partial charge is 0.304 e. The van der Waals surface area contributed by atoms with Crippen molar-refractivity contribution in [3.63, 3.8) is 0 Å². The molecule has 5 heteroatoms. The van der Waals surface area contributed by atoms with Crippen molar-refractivity contribution in [3.05, 3.63) is 17.0 Å². The number of likely N-dealkylation sites (N-methyl/N-ethyl adjacent to an activating group) is 1. The van der Waals surface area contributed by atoms with Crippen LogP contribution in [0.2, 0.25) is 0 Å². The van der Waals surface area contributed by atoms with Crippen molar-refractivity contribution in [3.8, 4) is 0 Å². The highest BCUT2D eigenvalue weighted by atomic mass is 15.3. The van der Waals surface area contributed by atoms with Crippen LogP contribution in [-0.2, 0) is 19.4 Å². The molecular weight excluding hydrogens is 262 g/mol. The number of aromatic amines is 1. The summed E-state index contributed by atoms with van der Waals surface area (Å²) in [7, 11) is 2.23. The van der Waals surface area contributed by atoms with Crippen LogP contribution in [0, 0.1) is 0 Å². The van der Waals surface area contributed by atoms with E-state index in [0.29, 0.717) is 0 Å². The SMILES string of the molecule is CN1CCN(C2CN(Cc3n[nH]c4c3CCCC4)C2)CC1. The maximum atomic E-state index is 4.58. The molecule has 0 amide bonds. The van der Waals surface area contributed by atoms with Gasteiger partial charge in [-0.2, -0.15) is 5.10 Å². The first-order valence-electron chi connectivity index (χ1n) is 8.49. The van der Waals surface area contributed by atoms with Crippen LogP contribution >= 0.6 is 0 Å². The maximum Gasteiger partial charge on any atom is 0.0797 e. The molecule has 1 N–H and O–H groups in total. The second-order valence-corrected chi connectivity index (χ2v) is 7.02. The van der Waals surface area contributed by atoms with Crippen LogP contribution in [0.4, 0.5) is 0 Å². The fourth-order valence-electron chi connectivity index (χ4n) is 3.98. The molecule has 2 fully saturated rings. The Kier molecular flexibility index (Phi) is 3.73. The lowest BCUT2D eigenvalue weighted by Gasteiger charge is -2.47. The van der Waals surface area contributed by atoms with Gasteiger partial charge in [-0.1, -0.05) is 0 Å². The molecule has 21 heavy (non-hydrogen) atoms. The van der Waals surface area contributed by atoms with Gasteiger partial charge in [0.15, 0.2) is 0 Å². The number of nitrogens with one attached hydrogen (secondary N) is 1. The molecule has 3 aliphatic rings. The lowest BCUT2D eigenvalue weighted by molar-refractivity contribution is 0.00475. The Balaban J connectivity index is 1.29. The molecule has 0 bridgehead atoms. The number of piperazine rings is 1. The number of aromatic nitrogens is 2. The highest BCUT2D eigenvalue weighted by Crippen LogP contribution is 2.25. The number of fused-ring (bicyclic) bond motifs is 1. The molecule has 3 heterocycles. The van der Waals surface area contributed by atoms with Crippen LogP contribution in [0.1, 0.15) is 29.8 Å². The molecule has 5 nitrogen and oxygen atoms in total. The highest BCUT2D eigenvalue weighted by molar-refractivity contribution is 5.27. The van der Waals surface area contributed by atoms with Crippen molar-refractivity contribution in [2.45, 2.75) is 38.3 Å². The number of hydrogen-bond donors (Lipinski definition) is 1. The van der Waals surface area contributed by atoms with E-state index in [-0.39, 0.29) is 0 Å². The molecule has 1 aliphatic carbocycles. The van der Waals surface area contributed by atoms with Gasteiger partial charge in [-0.3, -0.25) is 14.9 Å². The maximum absolute atomic E-state index is 4.58. The summed E-state index contributed by atoms with van der Waals surface area (Å²) < 4.78 is 0. The smallest absolute Gasteiger partial charge is 0.0797 e. The van der Waals surface area contributed by atoms with E-state index < -0.39 is 0 Å². The van der Waals surface area contributed by atoms with Crippen LogP contribution in [0.3, 0.4) is 0 Å². The Labute approximate surface area is 127 Å². The van der Waals surface area contributed by atoms with Gasteiger partial charge in [-0.05, 0) is 38.3 Å². The second-order valence-electron chi connectivity index (χ2n) is 7.02. The summed E-state index contributed by atoms with van der Waals surface area (Å²) >= 11 is 0. The lowest BCUT2D eigenvalue weighted by Crippen LogP contribution is -2.62. The van der Waals surface area contributed by atoms with Gasteiger partial charge in [-0.25, -0.2) is 0 Å². The minimum absolute atomic E-state index is 0.786. The second kappa shape index (κ2) is 5.71. The number of H-pyrrole nitrogens is 1. The zero-order chi connectivity index (χ0) is 14.2. The molecule has 0 aromatic carbocycles. The van der Waals surface area contributed by atoms with Crippen molar-refractivity contribution in [1.29, 1.82) is 0 Å². The molecule has 2 aliphatic heterocycles. The standard InChI is InChI=1S/C16H27N5/c1-19-6-8-21(9-7-19)13-10-20(11-13)12-16-14-4-2-3-5-15(14)17-18-16/h13H,2-12H2,1H3,(H,17,18). The Morgan fingerprint density at radius 1 is 1.10 bits per heavy atom. The van der Waals surface area contributed by atoms with Crippen molar-refractivity contribution in [1.82, 2.24) is 24.9 Å². The third kappa shape index (κ3) is 2.74. The van der Waals surface area contributed by atoms with Gasteiger partial charge in [-0.15, -0.1) is 0 Å². The van der Waals surface area contributed by atoms with Gasteiger partial charge >= 0.3 is 0 Å². The van der Waals surface area contributed by atoms with Gasteiger partial charge in [0.1, 0.15) is 0 Å². The van der Waals surface area contributed by atoms with Gasteiger partial charge in [0.25, 0.3) is 0 Å². The minimum Gasteiger partial charge on any atom is -0.304 e. The number of nitrogens with zero attached hydrogens (tertiary/aromatic N) is 4. The summed E-state index contributed by atoms with van der Waals surface area (Å²) in [6, 6.07) is 0.786. The van der Waals surface area contributed by atoms with E-state index in [1.165, 1.54) is 81.9 Å². The van der Waals surface area contributed by atoms with Crippen molar-refractivity contribution in [2.75, 3.05) is 46.3 Å². The monoisotopic (exact) mass is 289 g/mol. The van der Waals surface area contributed by atoms with Crippen molar-refractivity contribution < 1.29 is 0 Å². The number of hydrogen-bond acceptors (Lipinski definition) is 4. The highest BCUT2D eigenvalue weighted by Gasteiger charge is 2.33. The quantitative estimate of drug-likeness (QED) is 0.890. The third-order valence-electron chi connectivity index (χ3n) is 5.51. The Hall–Kier alpha value is -0.910. The van der Waals surface area contributed by atoms with Gasteiger partial charge < -0.3 is 4.90 Å². The molecule has 0 radical (unpaired) electrons. The molecule has 0 unspecified atom stereocenters. The average Bonchev–Trinajstić information content (AvgIpc) is 2.87. The molecule has 116 valence electrons. The topological polar surface area (TPSA) is 38.4 Å². The summed E-state index contributed by atoms with van der Waals surface area (Å²) in [5.74, 6) is 0. The van der Waals surface area contributed by atoms with E-state index in [2.05, 4.69) is 31.9 Å². The van der Waals surface area contributed by atoms with E-state index in [4.69, 9.17) is 0 Å². The van der Waals surface area contributed by atoms with Crippen LogP contribution in [0.15, 0.2) is 0 Å². The summed E-state index contributed by atoms with van der Waals surface area (Å²) in [5.41, 5.74) is 4.26. The Morgan fingerprint density at radius 2 is 1.86 bits per heavy atom. The zero-order valence-corrected chi connectivity index (χ0v) is 13.1. The van der Waals surface area contributed by atoms with Crippen molar-refractivity contribution >= 4 is 0 Å². The third-order valence-corrected chi connectivity index (χ3v) is 5.51. The van der Waals surface area contributed by atoms with E-state index in [0.717, 1.165) is 12.6 Å². The lowest BCUT2D eigenvalue weighted by atomic mass is 9.95. The predicted octanol–water partition coefficient (Wildman–Crippen LogP) is 0.720. The van der Waals surface area contributed by atoms with Crippen LogP contribution in [0.5, 0.6) is 0 Å². The summed E-state index contributed by atoms with van der Waals surface area (Å²) in [4.78, 5) is 7.67. The van der Waals surface area contributed by atoms with E-state index in [1.807, 2.05) is 0 Å². The van der Waals surface area contributed by atoms with E-state index in [1.54, 1.807) is 0 Å². The molecule has 0 spiro atoms.